The fourth-order valence-electron chi connectivity index (χ4n) is 13.0. The zero-order valence-electron chi connectivity index (χ0n) is 70.9. The van der Waals surface area contributed by atoms with Gasteiger partial charge in [-0.2, -0.15) is 0 Å². The third kappa shape index (κ3) is 36.6. The molecule has 39 heteroatoms. The summed E-state index contributed by atoms with van der Waals surface area (Å²) in [5.41, 5.74) is 14.2. The minimum Gasteiger partial charge on any atom is -0.481 e. The van der Waals surface area contributed by atoms with E-state index in [4.69, 9.17) is 17.2 Å². The first-order valence-corrected chi connectivity index (χ1v) is 41.0. The Hall–Kier alpha value is -11.3. The van der Waals surface area contributed by atoms with Crippen LogP contribution in [0.1, 0.15) is 211 Å². The minimum atomic E-state index is -1.90. The molecule has 0 aliphatic carbocycles. The van der Waals surface area contributed by atoms with Crippen molar-refractivity contribution in [2.24, 2.45) is 45.9 Å². The molecule has 0 aromatic heterocycles. The SMILES string of the molecule is CCC(=O)NCC1NC(=O)[C@@](C)(NC(C)=O)CCC/C=C/CCC[C@@](C)(C(=O)N[C@@H](CC(C)C)C(=O)N[C@@H](CC(C)C)C(=O)N[C@@H](CCCN=C(N)N)C(=O)N[C@H]2CCCCNC(=O)C[C@@H](C(=O)N[C@@H](Cc3ccccc3)C(N)=O)NC(=O)[C@H](CC(=O)O)NC(=O)CNC(=O)[C@H]([C@@H](C)CC)NC2=O)NC(=O)[C@H](C)NC(=O)[C@H]([C@@H](C)CC)NC1=O. The lowest BCUT2D eigenvalue weighted by atomic mass is 9.91. The van der Waals surface area contributed by atoms with E-state index in [1.54, 1.807) is 92.6 Å². The first-order valence-electron chi connectivity index (χ1n) is 41.0. The van der Waals surface area contributed by atoms with Gasteiger partial charge in [0, 0.05) is 39.4 Å². The molecule has 1 unspecified atom stereocenters. The number of carboxylic acids is 1. The Balaban J connectivity index is 2.08. The number of hydrogen-bond acceptors (Lipinski definition) is 19. The van der Waals surface area contributed by atoms with Crippen LogP contribution in [0.25, 0.3) is 0 Å². The van der Waals surface area contributed by atoms with Crippen molar-refractivity contribution in [2.45, 2.75) is 290 Å². The smallest absolute Gasteiger partial charge is 0.305 e. The lowest BCUT2D eigenvalue weighted by Crippen LogP contribution is -2.65. The molecule has 664 valence electrons. The second-order valence-corrected chi connectivity index (χ2v) is 31.9. The first kappa shape index (κ1) is 102. The number of carbonyl (C=O) groups excluding carboxylic acids is 17. The number of guanidine groups is 1. The second-order valence-electron chi connectivity index (χ2n) is 31.9. The highest BCUT2D eigenvalue weighted by molar-refractivity contribution is 6.02. The van der Waals surface area contributed by atoms with E-state index in [0.29, 0.717) is 31.2 Å². The van der Waals surface area contributed by atoms with Crippen LogP contribution in [0.4, 0.5) is 0 Å². The van der Waals surface area contributed by atoms with Crippen molar-refractivity contribution < 1.29 is 91.4 Å². The molecule has 3 rings (SSSR count). The van der Waals surface area contributed by atoms with Gasteiger partial charge >= 0.3 is 5.97 Å². The van der Waals surface area contributed by atoms with Crippen molar-refractivity contribution in [2.75, 3.05) is 26.2 Å². The zero-order chi connectivity index (χ0) is 89.4. The summed E-state index contributed by atoms with van der Waals surface area (Å²) < 4.78 is 0. The van der Waals surface area contributed by atoms with Gasteiger partial charge in [0.05, 0.1) is 19.4 Å². The van der Waals surface area contributed by atoms with E-state index in [1.807, 2.05) is 12.2 Å². The number of nitrogens with one attached hydrogen (secondary N) is 16. The van der Waals surface area contributed by atoms with Gasteiger partial charge in [0.1, 0.15) is 77.5 Å². The Morgan fingerprint density at radius 2 is 1.19 bits per heavy atom. The maximum Gasteiger partial charge on any atom is 0.305 e. The van der Waals surface area contributed by atoms with Crippen molar-refractivity contribution in [3.63, 3.8) is 0 Å². The molecule has 0 radical (unpaired) electrons. The summed E-state index contributed by atoms with van der Waals surface area (Å²) >= 11 is 0. The highest BCUT2D eigenvalue weighted by Gasteiger charge is 2.43. The molecule has 0 saturated carbocycles. The number of aliphatic imine (C=N–C) groups is 1. The number of benzene rings is 1. The normalized spacial score (nSPS) is 24.0. The summed E-state index contributed by atoms with van der Waals surface area (Å²) in [4.78, 5) is 255. The van der Waals surface area contributed by atoms with Gasteiger partial charge in [-0.3, -0.25) is 91.3 Å². The Kier molecular flexibility index (Phi) is 43.8. The summed E-state index contributed by atoms with van der Waals surface area (Å²) in [5.74, 6) is -18.5. The van der Waals surface area contributed by atoms with E-state index < -0.39 is 215 Å². The van der Waals surface area contributed by atoms with E-state index in [2.05, 4.69) is 90.1 Å². The van der Waals surface area contributed by atoms with Gasteiger partial charge in [-0.1, -0.05) is 118 Å². The number of nitrogens with zero attached hydrogens (tertiary/aromatic N) is 1. The van der Waals surface area contributed by atoms with Gasteiger partial charge in [0.2, 0.25) is 100 Å². The minimum absolute atomic E-state index is 0.0201. The highest BCUT2D eigenvalue weighted by atomic mass is 16.4. The molecular weight excluding hydrogens is 1550 g/mol. The molecule has 1 aromatic rings. The molecule has 17 amide bonds. The molecule has 0 bridgehead atoms. The standard InChI is InChI=1S/C80H130N20O19/c1-14-46(8)63-74(116)87-43-61(104)89-57(41-62(105)106)72(114)94-56(71(113)92-53(65(81)107)39-50-29-22-21-23-30-50)40-60(103)84-35-27-24-31-51(68(110)97-63)90-67(109)52(32-28-36-85-78(82)83)91-69(111)54(37-44(4)5)93-70(112)55(38-45(6)7)95-77(119)80(13)34-26-20-18-17-19-25-33-79(12,99-49(11)101)76(118)96-58(42-86-59(102)16-3)73(115)98-64(47(9)15-2)75(117)88-48(10)66(108)100-80/h17-18,21-23,29-30,44-48,51-58,63-64H,14-16,19-20,24-28,31-43H2,1-13H3,(H2,81,107)(H,84,103)(H,86,102)(H,87,116)(H,88,117)(H,89,104)(H,90,109)(H,91,111)(H,92,113)(H,93,112)(H,94,114)(H,95,119)(H,96,118)(H,97,110)(H,98,115)(H,99,101)(H,100,108)(H,105,106)(H4,82,83,85)/b18-17+/t46-,47-,48-,51-,52-,53-,54-,55-,56-,57-,58?,63-,64-,79-,80-/m0/s1. The zero-order valence-corrected chi connectivity index (χ0v) is 70.9. The largest absolute Gasteiger partial charge is 0.481 e. The van der Waals surface area contributed by atoms with E-state index in [9.17, 15) is 86.6 Å². The van der Waals surface area contributed by atoms with Gasteiger partial charge in [-0.15, -0.1) is 0 Å². The predicted octanol–water partition coefficient (Wildman–Crippen LogP) is -2.21. The van der Waals surface area contributed by atoms with Crippen LogP contribution in [-0.4, -0.2) is 221 Å². The van der Waals surface area contributed by atoms with Crippen molar-refractivity contribution in [3.05, 3.63) is 48.0 Å². The lowest BCUT2D eigenvalue weighted by Gasteiger charge is -2.34. The Morgan fingerprint density at radius 3 is 1.76 bits per heavy atom. The molecule has 15 atom stereocenters. The molecule has 2 aliphatic rings. The number of primary amides is 1. The van der Waals surface area contributed by atoms with E-state index in [-0.39, 0.29) is 121 Å². The Bertz CT molecular complexity index is 3740. The van der Waals surface area contributed by atoms with Crippen LogP contribution in [-0.2, 0) is 92.7 Å². The Labute approximate surface area is 695 Å². The molecule has 23 N–H and O–H groups in total. The van der Waals surface area contributed by atoms with Gasteiger partial charge < -0.3 is 107 Å². The molecule has 2 heterocycles. The number of nitrogens with two attached hydrogens (primary N) is 3. The average molecular weight is 1680 g/mol. The molecule has 2 aliphatic heterocycles. The number of carboxylic acid groups (broad SMARTS) is 1. The molecule has 1 fully saturated rings. The quantitative estimate of drug-likeness (QED) is 0.0162. The molecule has 0 spiro atoms. The van der Waals surface area contributed by atoms with Gasteiger partial charge in [0.15, 0.2) is 5.96 Å². The fourth-order valence-corrected chi connectivity index (χ4v) is 13.0. The highest BCUT2D eigenvalue weighted by Crippen LogP contribution is 2.22. The molecule has 119 heavy (non-hydrogen) atoms. The third-order valence-corrected chi connectivity index (χ3v) is 20.4. The summed E-state index contributed by atoms with van der Waals surface area (Å²) in [5, 5.41) is 51.6. The summed E-state index contributed by atoms with van der Waals surface area (Å²) in [6.07, 6.45) is 3.53. The maximum atomic E-state index is 15.1. The second kappa shape index (κ2) is 51.1. The first-order chi connectivity index (χ1) is 56.0. The third-order valence-electron chi connectivity index (χ3n) is 20.4. The van der Waals surface area contributed by atoms with Gasteiger partial charge in [0.25, 0.3) is 0 Å². The average Bonchev–Trinajstić information content (AvgIpc) is 1.00. The summed E-state index contributed by atoms with van der Waals surface area (Å²) in [7, 11) is 0. The number of allylic oxidation sites excluding steroid dienone is 2. The van der Waals surface area contributed by atoms with Crippen LogP contribution >= 0.6 is 0 Å². The van der Waals surface area contributed by atoms with Crippen molar-refractivity contribution in [3.8, 4) is 0 Å². The van der Waals surface area contributed by atoms with Gasteiger partial charge in [-0.25, -0.2) is 0 Å². The molecule has 1 saturated heterocycles. The number of carbonyl (C=O) groups is 18. The van der Waals surface area contributed by atoms with Crippen LogP contribution in [0.15, 0.2) is 47.5 Å². The maximum absolute atomic E-state index is 15.1. The number of rotatable bonds is 31. The van der Waals surface area contributed by atoms with Crippen LogP contribution in [0, 0.1) is 23.7 Å². The monoisotopic (exact) mass is 1670 g/mol. The molecule has 1 aromatic carbocycles. The summed E-state index contributed by atoms with van der Waals surface area (Å²) in [6.45, 7) is 19.5. The lowest BCUT2D eigenvalue weighted by molar-refractivity contribution is -0.141. The van der Waals surface area contributed by atoms with Gasteiger partial charge in [-0.05, 0) is 133 Å². The number of hydrogen-bond donors (Lipinski definition) is 20. The molecule has 39 nitrogen and oxygen atoms in total. The van der Waals surface area contributed by atoms with Crippen LogP contribution in [0.5, 0.6) is 0 Å². The van der Waals surface area contributed by atoms with E-state index in [1.165, 1.54) is 27.7 Å². The van der Waals surface area contributed by atoms with Crippen molar-refractivity contribution >= 4 is 112 Å². The number of amides is 17. The summed E-state index contributed by atoms with van der Waals surface area (Å²) in [6, 6.07) is -8.08. The van der Waals surface area contributed by atoms with Crippen LogP contribution < -0.4 is 102 Å². The van der Waals surface area contributed by atoms with E-state index in [0.717, 1.165) is 0 Å². The number of aliphatic carboxylic acids is 1. The van der Waals surface area contributed by atoms with E-state index >= 15 is 4.79 Å². The van der Waals surface area contributed by atoms with Crippen molar-refractivity contribution in [1.82, 2.24) is 85.1 Å². The van der Waals surface area contributed by atoms with Crippen LogP contribution in [0.3, 0.4) is 0 Å². The molecular formula is C80H130N20O19. The fraction of sp³-hybridized carbons (Fsp3) is 0.662. The van der Waals surface area contributed by atoms with Crippen molar-refractivity contribution in [1.29, 1.82) is 0 Å². The Morgan fingerprint density at radius 1 is 0.613 bits per heavy atom. The topological polar surface area (TPSA) is 610 Å². The van der Waals surface area contributed by atoms with Crippen LogP contribution in [0.2, 0.25) is 0 Å². The predicted molar refractivity (Wildman–Crippen MR) is 440 cm³/mol.